The molecular weight excluding hydrogens is 507 g/mol. The number of hydrogen-bond donors (Lipinski definition) is 3. The Morgan fingerprint density at radius 2 is 1.83 bits per heavy atom. The van der Waals surface area contributed by atoms with E-state index in [1.54, 1.807) is 0 Å². The Labute approximate surface area is 192 Å². The lowest BCUT2D eigenvalue weighted by atomic mass is 10.2. The quantitative estimate of drug-likeness (QED) is 0.162. The summed E-state index contributed by atoms with van der Waals surface area (Å²) in [4.78, 5) is 4.47. The van der Waals surface area contributed by atoms with Crippen LogP contribution < -0.4 is 20.5 Å². The Morgan fingerprint density at radius 3 is 2.38 bits per heavy atom. The van der Waals surface area contributed by atoms with Crippen LogP contribution in [0.15, 0.2) is 29.3 Å². The SMILES string of the molecule is CC(C)COCCCN=C(NCCS(N)(=O)=O)Nc1ccc(OC(C)C)cc1.I. The predicted molar refractivity (Wildman–Crippen MR) is 130 cm³/mol. The molecule has 0 saturated heterocycles. The second kappa shape index (κ2) is 14.8. The van der Waals surface area contributed by atoms with Gasteiger partial charge in [-0.3, -0.25) is 4.99 Å². The Bertz CT molecular complexity index is 695. The summed E-state index contributed by atoms with van der Waals surface area (Å²) in [7, 11) is -3.53. The first kappa shape index (κ1) is 27.9. The molecule has 0 aliphatic rings. The minimum Gasteiger partial charge on any atom is -0.491 e. The normalized spacial score (nSPS) is 12.0. The van der Waals surface area contributed by atoms with E-state index in [-0.39, 0.29) is 42.4 Å². The lowest BCUT2D eigenvalue weighted by Crippen LogP contribution is -2.36. The number of anilines is 1. The Balaban J connectivity index is 0.00000784. The van der Waals surface area contributed by atoms with Gasteiger partial charge >= 0.3 is 0 Å². The average Bonchev–Trinajstić information content (AvgIpc) is 2.57. The van der Waals surface area contributed by atoms with Crippen LogP contribution in [0.3, 0.4) is 0 Å². The number of nitrogens with two attached hydrogens (primary N) is 1. The topological polar surface area (TPSA) is 115 Å². The molecule has 1 aromatic rings. The van der Waals surface area contributed by atoms with Crippen LogP contribution in [0, 0.1) is 5.92 Å². The maximum atomic E-state index is 11.1. The molecule has 0 heterocycles. The Kier molecular flexibility index (Phi) is 14.2. The Hall–Kier alpha value is -1.11. The first-order valence-corrected chi connectivity index (χ1v) is 11.3. The van der Waals surface area contributed by atoms with Crippen LogP contribution in [-0.4, -0.2) is 52.5 Å². The number of nitrogens with one attached hydrogen (secondary N) is 2. The number of primary sulfonamides is 1. The maximum Gasteiger partial charge on any atom is 0.210 e. The molecule has 1 aromatic carbocycles. The Morgan fingerprint density at radius 1 is 1.17 bits per heavy atom. The molecule has 0 saturated carbocycles. The van der Waals surface area contributed by atoms with Crippen molar-refractivity contribution in [1.82, 2.24) is 5.32 Å². The minimum absolute atomic E-state index is 0. The lowest BCUT2D eigenvalue weighted by molar-refractivity contribution is 0.109. The molecule has 0 aliphatic carbocycles. The van der Waals surface area contributed by atoms with Gasteiger partial charge in [-0.15, -0.1) is 24.0 Å². The highest BCUT2D eigenvalue weighted by Crippen LogP contribution is 2.16. The third-order valence-corrected chi connectivity index (χ3v) is 4.11. The van der Waals surface area contributed by atoms with Gasteiger partial charge < -0.3 is 20.1 Å². The fraction of sp³-hybridized carbons (Fsp3) is 0.632. The summed E-state index contributed by atoms with van der Waals surface area (Å²) in [5.74, 6) is 1.60. The first-order valence-electron chi connectivity index (χ1n) is 9.56. The van der Waals surface area contributed by atoms with Gasteiger partial charge in [-0.25, -0.2) is 13.6 Å². The molecule has 8 nitrogen and oxygen atoms in total. The van der Waals surface area contributed by atoms with Crippen molar-refractivity contribution >= 4 is 45.6 Å². The zero-order valence-electron chi connectivity index (χ0n) is 17.7. The third-order valence-electron chi connectivity index (χ3n) is 3.34. The second-order valence-corrected chi connectivity index (χ2v) is 8.90. The maximum absolute atomic E-state index is 11.1. The number of ether oxygens (including phenoxy) is 2. The van der Waals surface area contributed by atoms with E-state index < -0.39 is 10.0 Å². The number of sulfonamides is 1. The van der Waals surface area contributed by atoms with Crippen molar-refractivity contribution in [3.63, 3.8) is 0 Å². The highest BCUT2D eigenvalue weighted by Gasteiger charge is 2.05. The van der Waals surface area contributed by atoms with Gasteiger partial charge in [-0.2, -0.15) is 0 Å². The van der Waals surface area contributed by atoms with Gasteiger partial charge in [-0.05, 0) is 50.5 Å². The van der Waals surface area contributed by atoms with Crippen LogP contribution >= 0.6 is 24.0 Å². The summed E-state index contributed by atoms with van der Waals surface area (Å²) in [5, 5.41) is 11.2. The fourth-order valence-electron chi connectivity index (χ4n) is 2.15. The van der Waals surface area contributed by atoms with Crippen LogP contribution in [-0.2, 0) is 14.8 Å². The molecule has 0 spiro atoms. The molecule has 29 heavy (non-hydrogen) atoms. The molecule has 0 atom stereocenters. The predicted octanol–water partition coefficient (Wildman–Crippen LogP) is 2.80. The zero-order valence-corrected chi connectivity index (χ0v) is 20.8. The molecule has 4 N–H and O–H groups in total. The van der Waals surface area contributed by atoms with E-state index in [2.05, 4.69) is 29.5 Å². The summed E-state index contributed by atoms with van der Waals surface area (Å²) in [6.07, 6.45) is 0.879. The number of halogens is 1. The van der Waals surface area contributed by atoms with Crippen LogP contribution in [0.2, 0.25) is 0 Å². The van der Waals surface area contributed by atoms with E-state index in [4.69, 9.17) is 14.6 Å². The van der Waals surface area contributed by atoms with Gasteiger partial charge in [0.15, 0.2) is 5.96 Å². The summed E-state index contributed by atoms with van der Waals surface area (Å²) in [6, 6.07) is 7.48. The smallest absolute Gasteiger partial charge is 0.210 e. The summed E-state index contributed by atoms with van der Waals surface area (Å²) >= 11 is 0. The van der Waals surface area contributed by atoms with Crippen molar-refractivity contribution in [2.45, 2.75) is 40.2 Å². The number of hydrogen-bond acceptors (Lipinski definition) is 5. The number of guanidine groups is 1. The molecule has 0 aliphatic heterocycles. The van der Waals surface area contributed by atoms with Gasteiger partial charge in [0.2, 0.25) is 10.0 Å². The van der Waals surface area contributed by atoms with E-state index in [1.807, 2.05) is 38.1 Å². The van der Waals surface area contributed by atoms with Crippen molar-refractivity contribution in [2.75, 3.05) is 37.4 Å². The fourth-order valence-corrected chi connectivity index (χ4v) is 2.54. The average molecular weight is 542 g/mol. The van der Waals surface area contributed by atoms with Crippen molar-refractivity contribution in [3.05, 3.63) is 24.3 Å². The molecule has 168 valence electrons. The highest BCUT2D eigenvalue weighted by atomic mass is 127. The van der Waals surface area contributed by atoms with Gasteiger partial charge in [-0.1, -0.05) is 13.8 Å². The second-order valence-electron chi connectivity index (χ2n) is 7.16. The lowest BCUT2D eigenvalue weighted by Gasteiger charge is -2.14. The minimum atomic E-state index is -3.53. The molecular formula is C19H35IN4O4S. The number of rotatable bonds is 12. The van der Waals surface area contributed by atoms with E-state index in [1.165, 1.54) is 0 Å². The number of benzene rings is 1. The van der Waals surface area contributed by atoms with Crippen molar-refractivity contribution in [1.29, 1.82) is 0 Å². The van der Waals surface area contributed by atoms with Crippen LogP contribution in [0.5, 0.6) is 5.75 Å². The largest absolute Gasteiger partial charge is 0.491 e. The monoisotopic (exact) mass is 542 g/mol. The van der Waals surface area contributed by atoms with E-state index in [0.29, 0.717) is 25.0 Å². The van der Waals surface area contributed by atoms with E-state index in [9.17, 15) is 8.42 Å². The van der Waals surface area contributed by atoms with Crippen molar-refractivity contribution in [3.8, 4) is 5.75 Å². The molecule has 1 rings (SSSR count). The molecule has 0 aromatic heterocycles. The zero-order chi connectivity index (χ0) is 21.0. The van der Waals surface area contributed by atoms with E-state index >= 15 is 0 Å². The molecule has 0 unspecified atom stereocenters. The molecule has 0 amide bonds. The van der Waals surface area contributed by atoms with Crippen LogP contribution in [0.4, 0.5) is 5.69 Å². The van der Waals surface area contributed by atoms with Gasteiger partial charge in [0.05, 0.1) is 11.9 Å². The van der Waals surface area contributed by atoms with Gasteiger partial charge in [0.25, 0.3) is 0 Å². The highest BCUT2D eigenvalue weighted by molar-refractivity contribution is 14.0. The van der Waals surface area contributed by atoms with Crippen molar-refractivity contribution in [2.24, 2.45) is 16.0 Å². The first-order chi connectivity index (χ1) is 13.2. The molecule has 0 bridgehead atoms. The number of aliphatic imine (C=N–C) groups is 1. The number of nitrogens with zero attached hydrogens (tertiary/aromatic N) is 1. The molecule has 0 radical (unpaired) electrons. The molecule has 0 fully saturated rings. The van der Waals surface area contributed by atoms with E-state index in [0.717, 1.165) is 24.5 Å². The van der Waals surface area contributed by atoms with Crippen molar-refractivity contribution < 1.29 is 17.9 Å². The third kappa shape index (κ3) is 15.4. The standard InChI is InChI=1S/C19H34N4O4S.HI/c1-15(2)14-26-12-5-10-21-19(22-11-13-28(20,24)25)23-17-6-8-18(9-7-17)27-16(3)4;/h6-9,15-16H,5,10-14H2,1-4H3,(H2,20,24,25)(H2,21,22,23);1H. The summed E-state index contributed by atoms with van der Waals surface area (Å²) in [5.41, 5.74) is 0.814. The summed E-state index contributed by atoms with van der Waals surface area (Å²) in [6.45, 7) is 10.2. The summed E-state index contributed by atoms with van der Waals surface area (Å²) < 4.78 is 33.4. The van der Waals surface area contributed by atoms with Crippen LogP contribution in [0.25, 0.3) is 0 Å². The van der Waals surface area contributed by atoms with Crippen LogP contribution in [0.1, 0.15) is 34.1 Å². The molecule has 10 heteroatoms. The van der Waals surface area contributed by atoms with Gasteiger partial charge in [0, 0.05) is 32.0 Å². The van der Waals surface area contributed by atoms with Gasteiger partial charge in [0.1, 0.15) is 5.75 Å².